The second kappa shape index (κ2) is 7.23. The second-order valence-electron chi connectivity index (χ2n) is 6.49. The standard InChI is InChI=1S/C22H17F2N3O/c1-13-5-6-14-7-9-17(22(28)20(14)26-13)21(27-19-4-2-3-11-25-19)16-10-8-15(23)12-18(16)24/h2-12,21,28H,1H3,(H,25,27). The summed E-state index contributed by atoms with van der Waals surface area (Å²) in [6.07, 6.45) is 1.60. The summed E-state index contributed by atoms with van der Waals surface area (Å²) in [7, 11) is 0. The van der Waals surface area contributed by atoms with Crippen LogP contribution in [0.5, 0.6) is 5.75 Å². The number of halogens is 2. The fourth-order valence-corrected chi connectivity index (χ4v) is 3.17. The molecule has 0 saturated heterocycles. The molecule has 1 atom stereocenters. The molecule has 2 N–H and O–H groups in total. The maximum Gasteiger partial charge on any atom is 0.147 e. The van der Waals surface area contributed by atoms with Crippen molar-refractivity contribution in [1.29, 1.82) is 0 Å². The number of hydrogen-bond donors (Lipinski definition) is 2. The van der Waals surface area contributed by atoms with Gasteiger partial charge in [0.1, 0.15) is 28.7 Å². The molecule has 0 aliphatic rings. The molecule has 4 rings (SSSR count). The van der Waals surface area contributed by atoms with Gasteiger partial charge >= 0.3 is 0 Å². The van der Waals surface area contributed by atoms with Crippen LogP contribution in [0.3, 0.4) is 0 Å². The molecule has 4 aromatic rings. The number of phenols is 1. The Morgan fingerprint density at radius 3 is 2.50 bits per heavy atom. The van der Waals surface area contributed by atoms with Gasteiger partial charge in [-0.1, -0.05) is 30.3 Å². The number of aromatic nitrogens is 2. The van der Waals surface area contributed by atoms with E-state index in [1.165, 1.54) is 12.1 Å². The first-order valence-corrected chi connectivity index (χ1v) is 8.74. The van der Waals surface area contributed by atoms with Crippen LogP contribution in [-0.4, -0.2) is 15.1 Å². The Morgan fingerprint density at radius 2 is 1.75 bits per heavy atom. The van der Waals surface area contributed by atoms with Crippen molar-refractivity contribution >= 4 is 16.7 Å². The normalized spacial score (nSPS) is 12.1. The predicted octanol–water partition coefficient (Wildman–Crippen LogP) is 5.12. The van der Waals surface area contributed by atoms with Crippen molar-refractivity contribution in [2.24, 2.45) is 0 Å². The van der Waals surface area contributed by atoms with Crippen molar-refractivity contribution in [2.45, 2.75) is 13.0 Å². The first-order valence-electron chi connectivity index (χ1n) is 8.74. The summed E-state index contributed by atoms with van der Waals surface area (Å²) >= 11 is 0. The van der Waals surface area contributed by atoms with Gasteiger partial charge in [-0.3, -0.25) is 0 Å². The van der Waals surface area contributed by atoms with Crippen LogP contribution in [0.4, 0.5) is 14.6 Å². The van der Waals surface area contributed by atoms with Crippen LogP contribution in [0, 0.1) is 18.6 Å². The van der Waals surface area contributed by atoms with Gasteiger partial charge in [-0.25, -0.2) is 18.7 Å². The minimum Gasteiger partial charge on any atom is -0.505 e. The van der Waals surface area contributed by atoms with Crippen LogP contribution in [0.1, 0.15) is 22.9 Å². The Morgan fingerprint density at radius 1 is 0.964 bits per heavy atom. The summed E-state index contributed by atoms with van der Waals surface area (Å²) < 4.78 is 28.0. The minimum atomic E-state index is -0.790. The van der Waals surface area contributed by atoms with Crippen molar-refractivity contribution in [3.05, 3.63) is 95.3 Å². The van der Waals surface area contributed by atoms with E-state index in [1.54, 1.807) is 30.5 Å². The number of pyridine rings is 2. The zero-order valence-corrected chi connectivity index (χ0v) is 15.0. The van der Waals surface area contributed by atoms with E-state index in [4.69, 9.17) is 0 Å². The molecule has 0 bridgehead atoms. The van der Waals surface area contributed by atoms with Crippen LogP contribution in [-0.2, 0) is 0 Å². The van der Waals surface area contributed by atoms with E-state index in [1.807, 2.05) is 25.1 Å². The number of aromatic hydroxyl groups is 1. The fraction of sp³-hybridized carbons (Fsp3) is 0.0909. The lowest BCUT2D eigenvalue weighted by molar-refractivity contribution is 0.470. The molecule has 0 aliphatic heterocycles. The Kier molecular flexibility index (Phi) is 4.61. The third-order valence-electron chi connectivity index (χ3n) is 4.55. The highest BCUT2D eigenvalue weighted by Gasteiger charge is 2.23. The Hall–Kier alpha value is -3.54. The molecule has 2 aromatic carbocycles. The van der Waals surface area contributed by atoms with Gasteiger partial charge in [0.2, 0.25) is 0 Å². The first-order chi connectivity index (χ1) is 13.5. The Bertz CT molecular complexity index is 1150. The number of phenolic OH excluding ortho intramolecular Hbond substituents is 1. The highest BCUT2D eigenvalue weighted by atomic mass is 19.1. The van der Waals surface area contributed by atoms with E-state index in [2.05, 4.69) is 15.3 Å². The molecule has 0 saturated carbocycles. The second-order valence-corrected chi connectivity index (χ2v) is 6.49. The zero-order valence-electron chi connectivity index (χ0n) is 15.0. The molecule has 4 nitrogen and oxygen atoms in total. The van der Waals surface area contributed by atoms with E-state index in [0.29, 0.717) is 16.9 Å². The largest absolute Gasteiger partial charge is 0.505 e. The third-order valence-corrected chi connectivity index (χ3v) is 4.55. The minimum absolute atomic E-state index is 0.0571. The Labute approximate surface area is 160 Å². The van der Waals surface area contributed by atoms with Gasteiger partial charge in [-0.05, 0) is 31.2 Å². The SMILES string of the molecule is Cc1ccc2ccc(C(Nc3ccccn3)c3ccc(F)cc3F)c(O)c2n1. The maximum atomic E-state index is 14.6. The van der Waals surface area contributed by atoms with Crippen LogP contribution in [0.2, 0.25) is 0 Å². The quantitative estimate of drug-likeness (QED) is 0.518. The highest BCUT2D eigenvalue weighted by molar-refractivity contribution is 5.86. The van der Waals surface area contributed by atoms with Crippen LogP contribution < -0.4 is 5.32 Å². The Balaban J connectivity index is 1.90. The van der Waals surface area contributed by atoms with E-state index >= 15 is 0 Å². The summed E-state index contributed by atoms with van der Waals surface area (Å²) in [5, 5.41) is 14.8. The van der Waals surface area contributed by atoms with Gasteiger partial charge in [0, 0.05) is 34.5 Å². The molecule has 1 unspecified atom stereocenters. The first kappa shape index (κ1) is 17.9. The lowest BCUT2D eigenvalue weighted by Gasteiger charge is -2.22. The van der Waals surface area contributed by atoms with Gasteiger partial charge in [-0.15, -0.1) is 0 Å². The van der Waals surface area contributed by atoms with Crippen molar-refractivity contribution in [3.63, 3.8) is 0 Å². The van der Waals surface area contributed by atoms with Crippen molar-refractivity contribution in [3.8, 4) is 5.75 Å². The fourth-order valence-electron chi connectivity index (χ4n) is 3.17. The monoisotopic (exact) mass is 377 g/mol. The number of anilines is 1. The molecule has 0 radical (unpaired) electrons. The molecular weight excluding hydrogens is 360 g/mol. The smallest absolute Gasteiger partial charge is 0.147 e. The van der Waals surface area contributed by atoms with Crippen LogP contribution in [0.25, 0.3) is 10.9 Å². The number of nitrogens with one attached hydrogen (secondary N) is 1. The maximum absolute atomic E-state index is 14.6. The third kappa shape index (κ3) is 3.36. The molecule has 0 fully saturated rings. The van der Waals surface area contributed by atoms with Gasteiger partial charge < -0.3 is 10.4 Å². The summed E-state index contributed by atoms with van der Waals surface area (Å²) in [5.41, 5.74) is 1.78. The molecule has 28 heavy (non-hydrogen) atoms. The molecule has 2 heterocycles. The lowest BCUT2D eigenvalue weighted by Crippen LogP contribution is -2.15. The molecule has 0 spiro atoms. The topological polar surface area (TPSA) is 58.0 Å². The summed E-state index contributed by atoms with van der Waals surface area (Å²) in [6.45, 7) is 1.83. The van der Waals surface area contributed by atoms with Gasteiger partial charge in [0.05, 0.1) is 6.04 Å². The number of nitrogens with zero attached hydrogens (tertiary/aromatic N) is 2. The van der Waals surface area contributed by atoms with Gasteiger partial charge in [0.15, 0.2) is 0 Å². The number of benzene rings is 2. The average molecular weight is 377 g/mol. The lowest BCUT2D eigenvalue weighted by atomic mass is 9.95. The number of aryl methyl sites for hydroxylation is 1. The van der Waals surface area contributed by atoms with E-state index in [9.17, 15) is 13.9 Å². The molecule has 0 aliphatic carbocycles. The number of rotatable bonds is 4. The summed E-state index contributed by atoms with van der Waals surface area (Å²) in [5.74, 6) is -0.950. The van der Waals surface area contributed by atoms with Crippen molar-refractivity contribution in [2.75, 3.05) is 5.32 Å². The molecule has 140 valence electrons. The van der Waals surface area contributed by atoms with Crippen LogP contribution in [0.15, 0.2) is 66.9 Å². The predicted molar refractivity (Wildman–Crippen MR) is 104 cm³/mol. The highest BCUT2D eigenvalue weighted by Crippen LogP contribution is 2.37. The number of fused-ring (bicyclic) bond motifs is 1. The van der Waals surface area contributed by atoms with Gasteiger partial charge in [0.25, 0.3) is 0 Å². The number of hydrogen-bond acceptors (Lipinski definition) is 4. The van der Waals surface area contributed by atoms with E-state index < -0.39 is 17.7 Å². The van der Waals surface area contributed by atoms with E-state index in [-0.39, 0.29) is 11.3 Å². The van der Waals surface area contributed by atoms with Crippen LogP contribution >= 0.6 is 0 Å². The molecule has 6 heteroatoms. The summed E-state index contributed by atoms with van der Waals surface area (Å²) in [6, 6.07) is 15.1. The summed E-state index contributed by atoms with van der Waals surface area (Å²) in [4.78, 5) is 8.63. The molecule has 0 amide bonds. The van der Waals surface area contributed by atoms with E-state index in [0.717, 1.165) is 17.1 Å². The zero-order chi connectivity index (χ0) is 19.7. The van der Waals surface area contributed by atoms with Gasteiger partial charge in [-0.2, -0.15) is 0 Å². The average Bonchev–Trinajstić information content (AvgIpc) is 2.68. The molecule has 2 aromatic heterocycles. The van der Waals surface area contributed by atoms with Crippen molar-refractivity contribution in [1.82, 2.24) is 9.97 Å². The van der Waals surface area contributed by atoms with Crippen molar-refractivity contribution < 1.29 is 13.9 Å². The molecular formula is C22H17F2N3O.